The molecule has 20 heteroatoms. The maximum atomic E-state index is 14.5. The van der Waals surface area contributed by atoms with Crippen molar-refractivity contribution < 1.29 is 35.9 Å². The summed E-state index contributed by atoms with van der Waals surface area (Å²) in [5.74, 6) is -0.588. The Kier molecular flexibility index (Phi) is 16.0. The maximum absolute atomic E-state index is 14.5. The number of hydrogen-bond donors (Lipinski definition) is 2. The first kappa shape index (κ1) is 52.6. The number of fused-ring (bicyclic) bond motifs is 1. The topological polar surface area (TPSA) is 140 Å². The molecule has 2 saturated carbocycles. The molecule has 7 aromatic rings. The van der Waals surface area contributed by atoms with E-state index in [2.05, 4.69) is 63.6 Å². The third-order valence-electron chi connectivity index (χ3n) is 13.6. The van der Waals surface area contributed by atoms with Crippen LogP contribution in [0, 0.1) is 54.0 Å². The van der Waals surface area contributed by atoms with E-state index in [-0.39, 0.29) is 27.6 Å². The number of amides is 2. The summed E-state index contributed by atoms with van der Waals surface area (Å²) >= 11 is 6.29. The van der Waals surface area contributed by atoms with Gasteiger partial charge in [0.2, 0.25) is 5.95 Å². The van der Waals surface area contributed by atoms with Gasteiger partial charge in [-0.15, -0.1) is 0 Å². The Balaban J connectivity index is 0.000000146. The molecule has 10 rings (SSSR count). The molecule has 73 heavy (non-hydrogen) atoms. The standard InChI is InChI=1S/C18H19F2N3O.C18H24FN3O.C17H15ClF3N5/c1-23-9-14(16(22-23)17(19)20)18(24)21-15-5-3-2-4-11(15)13-8-12(13)10-6-7-10;1-11(2)10-12(3)14-8-6-7-9-15(14)20-18(23)16-13(4)21-22(5)17(16)19;1-9-2-4-25(5-3-9)16-14(13-11(20)6-10(19)7-12(13)21)15(18)24-17-22-8-23-26(16)17/h2-5,9-10,12-13,17H,6-8H2,1H3,(H,21,24);6-9,11-12H,10H2,1-5H3,(H,20,23);6-9H,2-5H2,1H3. The summed E-state index contributed by atoms with van der Waals surface area (Å²) in [6, 6.07) is 16.6. The van der Waals surface area contributed by atoms with Crippen LogP contribution in [0.15, 0.2) is 73.2 Å². The number of piperidine rings is 1. The van der Waals surface area contributed by atoms with Gasteiger partial charge >= 0.3 is 0 Å². The van der Waals surface area contributed by atoms with Crippen molar-refractivity contribution >= 4 is 46.4 Å². The van der Waals surface area contributed by atoms with Gasteiger partial charge in [0.15, 0.2) is 0 Å². The highest BCUT2D eigenvalue weighted by atomic mass is 35.5. The second kappa shape index (κ2) is 22.2. The molecule has 3 unspecified atom stereocenters. The molecule has 1 saturated heterocycles. The van der Waals surface area contributed by atoms with Crippen molar-refractivity contribution in [2.75, 3.05) is 28.6 Å². The Morgan fingerprint density at radius 1 is 0.849 bits per heavy atom. The Hall–Kier alpha value is -6.76. The van der Waals surface area contributed by atoms with Gasteiger partial charge in [-0.25, -0.2) is 26.6 Å². The van der Waals surface area contributed by atoms with Gasteiger partial charge in [0.1, 0.15) is 46.0 Å². The van der Waals surface area contributed by atoms with E-state index in [1.54, 1.807) is 6.92 Å². The average Bonchev–Trinajstić information content (AvgIpc) is 4.22. The fourth-order valence-electron chi connectivity index (χ4n) is 9.84. The van der Waals surface area contributed by atoms with Crippen molar-refractivity contribution in [3.63, 3.8) is 0 Å². The molecule has 3 fully saturated rings. The zero-order valence-corrected chi connectivity index (χ0v) is 42.4. The molecule has 13 nitrogen and oxygen atoms in total. The van der Waals surface area contributed by atoms with Gasteiger partial charge in [0.25, 0.3) is 24.0 Å². The molecule has 4 aromatic heterocycles. The second-order valence-corrected chi connectivity index (χ2v) is 20.1. The molecule has 386 valence electrons. The smallest absolute Gasteiger partial charge is 0.282 e. The number of hydrogen-bond acceptors (Lipinski definition) is 8. The number of aromatic nitrogens is 8. The van der Waals surface area contributed by atoms with Crippen LogP contribution < -0.4 is 15.5 Å². The van der Waals surface area contributed by atoms with Crippen molar-refractivity contribution in [1.29, 1.82) is 0 Å². The van der Waals surface area contributed by atoms with Crippen molar-refractivity contribution in [2.45, 2.75) is 91.4 Å². The van der Waals surface area contributed by atoms with Gasteiger partial charge in [-0.1, -0.05) is 75.7 Å². The van der Waals surface area contributed by atoms with Crippen molar-refractivity contribution in [2.24, 2.45) is 37.8 Å². The Morgan fingerprint density at radius 2 is 1.49 bits per heavy atom. The zero-order valence-electron chi connectivity index (χ0n) is 41.6. The zero-order chi connectivity index (χ0) is 52.4. The third kappa shape index (κ3) is 11.9. The van der Waals surface area contributed by atoms with Gasteiger partial charge in [-0.3, -0.25) is 14.3 Å². The number of alkyl halides is 2. The number of aryl methyl sites for hydroxylation is 3. The molecule has 3 atom stereocenters. The normalized spacial score (nSPS) is 17.0. The lowest BCUT2D eigenvalue weighted by Crippen LogP contribution is -2.35. The highest BCUT2D eigenvalue weighted by Gasteiger charge is 2.48. The largest absolute Gasteiger partial charge is 0.356 e. The van der Waals surface area contributed by atoms with E-state index in [1.807, 2.05) is 53.4 Å². The van der Waals surface area contributed by atoms with Gasteiger partial charge in [0.05, 0.1) is 22.4 Å². The van der Waals surface area contributed by atoms with Crippen LogP contribution in [-0.2, 0) is 14.1 Å². The summed E-state index contributed by atoms with van der Waals surface area (Å²) < 4.78 is 86.2. The molecule has 0 bridgehead atoms. The van der Waals surface area contributed by atoms with E-state index in [0.29, 0.717) is 60.4 Å². The lowest BCUT2D eigenvalue weighted by molar-refractivity contribution is 0.100. The fourth-order valence-corrected chi connectivity index (χ4v) is 10.1. The number of nitrogens with zero attached hydrogens (tertiary/aromatic N) is 9. The summed E-state index contributed by atoms with van der Waals surface area (Å²) in [5, 5.41) is 17.3. The van der Waals surface area contributed by atoms with E-state index in [4.69, 9.17) is 11.6 Å². The first-order valence-electron chi connectivity index (χ1n) is 24.4. The molecule has 2 aliphatic carbocycles. The first-order chi connectivity index (χ1) is 34.8. The number of rotatable bonds is 12. The molecule has 2 amide bonds. The van der Waals surface area contributed by atoms with E-state index >= 15 is 0 Å². The lowest BCUT2D eigenvalue weighted by atomic mass is 9.91. The summed E-state index contributed by atoms with van der Waals surface area (Å²) in [5.41, 5.74) is 3.10. The predicted octanol–water partition coefficient (Wildman–Crippen LogP) is 12.5. The fraction of sp³-hybridized carbons (Fsp3) is 0.415. The average molecular weight is 1030 g/mol. The van der Waals surface area contributed by atoms with Crippen LogP contribution in [0.3, 0.4) is 0 Å². The molecule has 0 radical (unpaired) electrons. The number of nitrogens with one attached hydrogen (secondary N) is 2. The summed E-state index contributed by atoms with van der Waals surface area (Å²) in [7, 11) is 3.01. The van der Waals surface area contributed by atoms with Gasteiger partial charge in [-0.2, -0.15) is 34.2 Å². The number of para-hydroxylation sites is 2. The molecule has 3 aromatic carbocycles. The summed E-state index contributed by atoms with van der Waals surface area (Å²) in [4.78, 5) is 35.0. The van der Waals surface area contributed by atoms with Crippen LogP contribution in [0.5, 0.6) is 0 Å². The minimum atomic E-state index is -2.77. The molecule has 2 N–H and O–H groups in total. The summed E-state index contributed by atoms with van der Waals surface area (Å²) in [6.07, 6.45) is 6.50. The highest BCUT2D eigenvalue weighted by molar-refractivity contribution is 6.33. The van der Waals surface area contributed by atoms with Crippen LogP contribution in [0.4, 0.5) is 43.5 Å². The Morgan fingerprint density at radius 3 is 2.12 bits per heavy atom. The first-order valence-corrected chi connectivity index (χ1v) is 24.8. The minimum absolute atomic E-state index is 0.00110. The van der Waals surface area contributed by atoms with E-state index in [1.165, 1.54) is 48.7 Å². The van der Waals surface area contributed by atoms with Crippen LogP contribution in [-0.4, -0.2) is 64.0 Å². The van der Waals surface area contributed by atoms with E-state index < -0.39 is 52.9 Å². The SMILES string of the molecule is CC1CCN(c2c(-c3c(F)cc(F)cc3F)c(Cl)nc3ncnn23)CC1.Cc1nn(C)c(F)c1C(=O)Nc1ccccc1C(C)CC(C)C.Cn1cc(C(=O)Nc2ccccc2C2CC2C2CC2)c(C(F)F)n1. The molecule has 1 aliphatic heterocycles. The number of anilines is 3. The van der Waals surface area contributed by atoms with Crippen LogP contribution >= 0.6 is 11.6 Å². The van der Waals surface area contributed by atoms with Crippen molar-refractivity contribution in [3.05, 3.63) is 135 Å². The Bertz CT molecular complexity index is 3100. The van der Waals surface area contributed by atoms with Crippen LogP contribution in [0.2, 0.25) is 5.15 Å². The molecule has 3 aliphatic rings. The Labute approximate surface area is 424 Å². The monoisotopic (exact) mass is 1030 g/mol. The lowest BCUT2D eigenvalue weighted by Gasteiger charge is -2.33. The second-order valence-electron chi connectivity index (χ2n) is 19.7. The van der Waals surface area contributed by atoms with E-state index in [0.717, 1.165) is 64.7 Å². The van der Waals surface area contributed by atoms with Gasteiger partial charge < -0.3 is 15.5 Å². The quantitative estimate of drug-likeness (QED) is 0.0911. The number of carbonyl (C=O) groups excluding carboxylic acids is 2. The predicted molar refractivity (Wildman–Crippen MR) is 268 cm³/mol. The van der Waals surface area contributed by atoms with Gasteiger partial charge in [0, 0.05) is 56.9 Å². The third-order valence-corrected chi connectivity index (χ3v) is 13.9. The van der Waals surface area contributed by atoms with E-state index in [9.17, 15) is 35.9 Å². The van der Waals surface area contributed by atoms with Crippen LogP contribution in [0.25, 0.3) is 16.9 Å². The molecular formula is C53H58ClF6N11O2. The number of carbonyl (C=O) groups is 2. The molecule has 5 heterocycles. The van der Waals surface area contributed by atoms with Crippen LogP contribution in [0.1, 0.15) is 128 Å². The van der Waals surface area contributed by atoms with Crippen molar-refractivity contribution in [3.8, 4) is 11.1 Å². The maximum Gasteiger partial charge on any atom is 0.282 e. The number of halogens is 7. The van der Waals surface area contributed by atoms with Crippen molar-refractivity contribution in [1.82, 2.24) is 39.1 Å². The molecular weight excluding hydrogens is 972 g/mol. The highest BCUT2D eigenvalue weighted by Crippen LogP contribution is 2.60. The minimum Gasteiger partial charge on any atom is -0.356 e. The number of benzene rings is 3. The van der Waals surface area contributed by atoms with Gasteiger partial charge in [-0.05, 0) is 104 Å². The molecule has 0 spiro atoms. The summed E-state index contributed by atoms with van der Waals surface area (Å²) in [6.45, 7) is 11.6.